The minimum Gasteiger partial charge on any atom is -0.232 e. The van der Waals surface area contributed by atoms with Crippen LogP contribution in [-0.2, 0) is 6.42 Å². The van der Waals surface area contributed by atoms with E-state index in [-0.39, 0.29) is 0 Å². The average molecular weight is 385 g/mol. The van der Waals surface area contributed by atoms with Gasteiger partial charge in [-0.25, -0.2) is 9.97 Å². The quantitative estimate of drug-likeness (QED) is 0.559. The van der Waals surface area contributed by atoms with Gasteiger partial charge in [-0.2, -0.15) is 0 Å². The molecule has 19 heavy (non-hydrogen) atoms. The molecule has 4 heteroatoms. The second kappa shape index (κ2) is 5.37. The van der Waals surface area contributed by atoms with Gasteiger partial charge < -0.3 is 0 Å². The van der Waals surface area contributed by atoms with Gasteiger partial charge in [0.1, 0.15) is 5.15 Å². The summed E-state index contributed by atoms with van der Waals surface area (Å²) >= 11 is 8.39. The monoisotopic (exact) mass is 384 g/mol. The number of nitrogens with zero attached hydrogens (tertiary/aromatic N) is 2. The molecule has 1 fully saturated rings. The number of halogens is 2. The normalized spacial score (nSPS) is 14.7. The Balaban J connectivity index is 1.98. The first-order chi connectivity index (χ1) is 9.19. The number of hydrogen-bond acceptors (Lipinski definition) is 2. The predicted molar refractivity (Wildman–Crippen MR) is 86.5 cm³/mol. The van der Waals surface area contributed by atoms with Gasteiger partial charge >= 0.3 is 0 Å². The highest BCUT2D eigenvalue weighted by atomic mass is 127. The maximum Gasteiger partial charge on any atom is 0.161 e. The van der Waals surface area contributed by atoms with Crippen LogP contribution in [0.5, 0.6) is 0 Å². The topological polar surface area (TPSA) is 25.8 Å². The molecule has 2 nitrogen and oxygen atoms in total. The average Bonchev–Trinajstić information content (AvgIpc) is 3.26. The van der Waals surface area contributed by atoms with Crippen molar-refractivity contribution in [1.29, 1.82) is 0 Å². The molecule has 3 rings (SSSR count). The van der Waals surface area contributed by atoms with E-state index >= 15 is 0 Å². The molecule has 0 spiro atoms. The molecule has 1 heterocycles. The lowest BCUT2D eigenvalue weighted by molar-refractivity contribution is 0.989. The molecule has 2 aromatic rings. The molecule has 98 valence electrons. The molecule has 0 amide bonds. The summed E-state index contributed by atoms with van der Waals surface area (Å²) in [5.41, 5.74) is 3.48. The molecule has 0 saturated heterocycles. The summed E-state index contributed by atoms with van der Waals surface area (Å²) in [7, 11) is 0. The molecule has 1 aliphatic carbocycles. The molecular weight excluding hydrogens is 371 g/mol. The fourth-order valence-corrected chi connectivity index (χ4v) is 2.96. The smallest absolute Gasteiger partial charge is 0.161 e. The second-order valence-corrected chi connectivity index (χ2v) is 6.29. The van der Waals surface area contributed by atoms with E-state index in [9.17, 15) is 0 Å². The van der Waals surface area contributed by atoms with Crippen LogP contribution in [0.2, 0.25) is 5.15 Å². The maximum atomic E-state index is 6.18. The Morgan fingerprint density at radius 2 is 1.89 bits per heavy atom. The van der Waals surface area contributed by atoms with E-state index in [4.69, 9.17) is 11.6 Å². The van der Waals surface area contributed by atoms with E-state index in [0.717, 1.165) is 33.0 Å². The Morgan fingerprint density at radius 1 is 1.21 bits per heavy atom. The fourth-order valence-electron chi connectivity index (χ4n) is 2.15. The van der Waals surface area contributed by atoms with E-state index in [0.29, 0.717) is 5.15 Å². The first kappa shape index (κ1) is 13.3. The third kappa shape index (κ3) is 2.77. The first-order valence-corrected chi connectivity index (χ1v) is 7.97. The van der Waals surface area contributed by atoms with E-state index in [1.807, 2.05) is 0 Å². The van der Waals surface area contributed by atoms with Crippen LogP contribution in [0.1, 0.15) is 36.9 Å². The van der Waals surface area contributed by atoms with Crippen molar-refractivity contribution in [3.63, 3.8) is 0 Å². The predicted octanol–water partition coefficient (Wildman–Crippen LogP) is 4.84. The molecule has 0 aliphatic heterocycles. The standard InChI is InChI=1S/C15H14ClIN2/c1-2-12-13(17)14(16)19-15(18-12)11-7-5-10(6-8-11)9-3-4-9/h5-9H,2-4H2,1H3. The molecule has 0 atom stereocenters. The Labute approximate surface area is 131 Å². The van der Waals surface area contributed by atoms with Crippen LogP contribution in [0.4, 0.5) is 0 Å². The molecule has 1 aromatic carbocycles. The molecule has 1 aliphatic rings. The first-order valence-electron chi connectivity index (χ1n) is 6.51. The highest BCUT2D eigenvalue weighted by Gasteiger charge is 2.23. The van der Waals surface area contributed by atoms with Crippen molar-refractivity contribution >= 4 is 34.2 Å². The van der Waals surface area contributed by atoms with Crippen LogP contribution in [-0.4, -0.2) is 9.97 Å². The zero-order valence-corrected chi connectivity index (χ0v) is 13.6. The van der Waals surface area contributed by atoms with Gasteiger partial charge in [-0.1, -0.05) is 42.8 Å². The van der Waals surface area contributed by atoms with Crippen molar-refractivity contribution in [3.05, 3.63) is 44.2 Å². The zero-order valence-electron chi connectivity index (χ0n) is 10.7. The molecule has 1 saturated carbocycles. The number of benzene rings is 1. The number of aromatic nitrogens is 2. The van der Waals surface area contributed by atoms with Crippen LogP contribution in [0.25, 0.3) is 11.4 Å². The van der Waals surface area contributed by atoms with E-state index in [1.54, 1.807) is 0 Å². The van der Waals surface area contributed by atoms with Crippen LogP contribution >= 0.6 is 34.2 Å². The van der Waals surface area contributed by atoms with Crippen molar-refractivity contribution in [2.75, 3.05) is 0 Å². The number of rotatable bonds is 3. The third-order valence-corrected chi connectivity index (χ3v) is 5.16. The highest BCUT2D eigenvalue weighted by molar-refractivity contribution is 14.1. The summed E-state index contributed by atoms with van der Waals surface area (Å²) in [6.07, 6.45) is 3.52. The lowest BCUT2D eigenvalue weighted by Gasteiger charge is -2.07. The van der Waals surface area contributed by atoms with Gasteiger partial charge in [0, 0.05) is 5.56 Å². The van der Waals surface area contributed by atoms with Gasteiger partial charge in [0.25, 0.3) is 0 Å². The van der Waals surface area contributed by atoms with Crippen molar-refractivity contribution < 1.29 is 0 Å². The van der Waals surface area contributed by atoms with Gasteiger partial charge in [-0.15, -0.1) is 0 Å². The summed E-state index contributed by atoms with van der Waals surface area (Å²) in [4.78, 5) is 9.00. The summed E-state index contributed by atoms with van der Waals surface area (Å²) in [6, 6.07) is 8.58. The van der Waals surface area contributed by atoms with Crippen LogP contribution in [0.15, 0.2) is 24.3 Å². The van der Waals surface area contributed by atoms with Crippen molar-refractivity contribution in [3.8, 4) is 11.4 Å². The molecule has 0 unspecified atom stereocenters. The van der Waals surface area contributed by atoms with Gasteiger partial charge in [-0.3, -0.25) is 0 Å². The van der Waals surface area contributed by atoms with Gasteiger partial charge in [0.2, 0.25) is 0 Å². The van der Waals surface area contributed by atoms with E-state index < -0.39 is 0 Å². The second-order valence-electron chi connectivity index (χ2n) is 4.85. The summed E-state index contributed by atoms with van der Waals surface area (Å²) in [5.74, 6) is 1.51. The van der Waals surface area contributed by atoms with E-state index in [1.165, 1.54) is 18.4 Å². The minimum absolute atomic E-state index is 0.550. The van der Waals surface area contributed by atoms with Gasteiger partial charge in [-0.05, 0) is 53.3 Å². The number of aryl methyl sites for hydroxylation is 1. The van der Waals surface area contributed by atoms with Gasteiger partial charge in [0.05, 0.1) is 9.26 Å². The summed E-state index contributed by atoms with van der Waals surface area (Å²) in [6.45, 7) is 2.08. The fraction of sp³-hybridized carbons (Fsp3) is 0.333. The van der Waals surface area contributed by atoms with Crippen LogP contribution in [0.3, 0.4) is 0 Å². The van der Waals surface area contributed by atoms with Crippen molar-refractivity contribution in [1.82, 2.24) is 9.97 Å². The highest BCUT2D eigenvalue weighted by Crippen LogP contribution is 2.40. The maximum absolute atomic E-state index is 6.18. The van der Waals surface area contributed by atoms with Crippen molar-refractivity contribution in [2.24, 2.45) is 0 Å². The third-order valence-electron chi connectivity index (χ3n) is 3.43. The Kier molecular flexibility index (Phi) is 3.76. The zero-order chi connectivity index (χ0) is 13.4. The van der Waals surface area contributed by atoms with Gasteiger partial charge in [0.15, 0.2) is 5.82 Å². The molecule has 1 aromatic heterocycles. The summed E-state index contributed by atoms with van der Waals surface area (Å²) < 4.78 is 0.958. The van der Waals surface area contributed by atoms with Crippen molar-refractivity contribution in [2.45, 2.75) is 32.1 Å². The van der Waals surface area contributed by atoms with Crippen LogP contribution in [0, 0.1) is 3.57 Å². The Hall–Kier alpha value is -0.680. The molecular formula is C15H14ClIN2. The Morgan fingerprint density at radius 3 is 2.47 bits per heavy atom. The Bertz CT molecular complexity index is 606. The van der Waals surface area contributed by atoms with E-state index in [2.05, 4.69) is 63.7 Å². The summed E-state index contributed by atoms with van der Waals surface area (Å²) in [5, 5.41) is 0.550. The molecule has 0 radical (unpaired) electrons. The molecule has 0 bridgehead atoms. The molecule has 0 N–H and O–H groups in total. The lowest BCUT2D eigenvalue weighted by Crippen LogP contribution is -1.99. The number of hydrogen-bond donors (Lipinski definition) is 0. The van der Waals surface area contributed by atoms with Crippen LogP contribution < -0.4 is 0 Å². The SMILES string of the molecule is CCc1nc(-c2ccc(C3CC3)cc2)nc(Cl)c1I. The minimum atomic E-state index is 0.550. The lowest BCUT2D eigenvalue weighted by atomic mass is 10.1. The largest absolute Gasteiger partial charge is 0.232 e.